The first-order valence-corrected chi connectivity index (χ1v) is 9.84. The van der Waals surface area contributed by atoms with Crippen molar-refractivity contribution >= 4 is 11.8 Å². The van der Waals surface area contributed by atoms with Crippen LogP contribution in [-0.2, 0) is 4.79 Å². The average molecular weight is 370 g/mol. The maximum absolute atomic E-state index is 12.8. The summed E-state index contributed by atoms with van der Waals surface area (Å²) in [7, 11) is 0. The quantitative estimate of drug-likeness (QED) is 0.784. The van der Waals surface area contributed by atoms with Crippen LogP contribution in [0.5, 0.6) is 0 Å². The van der Waals surface area contributed by atoms with Crippen LogP contribution in [0.3, 0.4) is 0 Å². The summed E-state index contributed by atoms with van der Waals surface area (Å²) < 4.78 is 0. The van der Waals surface area contributed by atoms with Gasteiger partial charge in [-0.2, -0.15) is 0 Å². The number of piperazine rings is 1. The Morgan fingerprint density at radius 2 is 1.89 bits per heavy atom. The van der Waals surface area contributed by atoms with E-state index < -0.39 is 0 Å². The second kappa shape index (κ2) is 10.1. The molecule has 1 atom stereocenters. The lowest BCUT2D eigenvalue weighted by Gasteiger charge is -2.37. The van der Waals surface area contributed by atoms with Gasteiger partial charge in [-0.3, -0.25) is 14.5 Å². The Hall–Kier alpha value is -2.32. The molecular formula is C22H31N3O2. The summed E-state index contributed by atoms with van der Waals surface area (Å²) in [5.41, 5.74) is 6.88. The van der Waals surface area contributed by atoms with Crippen LogP contribution >= 0.6 is 0 Å². The van der Waals surface area contributed by atoms with Gasteiger partial charge in [0.15, 0.2) is 0 Å². The van der Waals surface area contributed by atoms with Crippen molar-refractivity contribution in [2.45, 2.75) is 46.1 Å². The SMILES string of the molecule is CCCC(CC#Cc1cccc(C(=O)N2CCN(C(C)C)CC2)c1)C(N)=O. The van der Waals surface area contributed by atoms with Gasteiger partial charge in [0, 0.05) is 55.7 Å². The lowest BCUT2D eigenvalue weighted by molar-refractivity contribution is -0.121. The molecule has 2 N–H and O–H groups in total. The molecule has 1 aliphatic heterocycles. The predicted octanol–water partition coefficient (Wildman–Crippen LogP) is 2.50. The number of benzene rings is 1. The third-order valence-electron chi connectivity index (χ3n) is 5.06. The molecule has 1 unspecified atom stereocenters. The molecule has 146 valence electrons. The van der Waals surface area contributed by atoms with Crippen molar-refractivity contribution in [1.29, 1.82) is 0 Å². The molecule has 27 heavy (non-hydrogen) atoms. The van der Waals surface area contributed by atoms with Crippen molar-refractivity contribution in [2.24, 2.45) is 11.7 Å². The van der Waals surface area contributed by atoms with Crippen molar-refractivity contribution in [2.75, 3.05) is 26.2 Å². The number of hydrogen-bond donors (Lipinski definition) is 1. The van der Waals surface area contributed by atoms with Crippen molar-refractivity contribution in [1.82, 2.24) is 9.80 Å². The summed E-state index contributed by atoms with van der Waals surface area (Å²) >= 11 is 0. The van der Waals surface area contributed by atoms with E-state index in [0.717, 1.165) is 44.6 Å². The summed E-state index contributed by atoms with van der Waals surface area (Å²) in [6.45, 7) is 9.73. The summed E-state index contributed by atoms with van der Waals surface area (Å²) in [6.07, 6.45) is 2.12. The first-order chi connectivity index (χ1) is 12.9. The van der Waals surface area contributed by atoms with Crippen molar-refractivity contribution in [3.05, 3.63) is 35.4 Å². The van der Waals surface area contributed by atoms with Crippen LogP contribution in [-0.4, -0.2) is 53.8 Å². The van der Waals surface area contributed by atoms with Gasteiger partial charge < -0.3 is 10.6 Å². The highest BCUT2D eigenvalue weighted by Crippen LogP contribution is 2.13. The highest BCUT2D eigenvalue weighted by atomic mass is 16.2. The minimum absolute atomic E-state index is 0.0584. The minimum atomic E-state index is -0.296. The number of nitrogens with zero attached hydrogens (tertiary/aromatic N) is 2. The van der Waals surface area contributed by atoms with Gasteiger partial charge in [0.05, 0.1) is 0 Å². The van der Waals surface area contributed by atoms with Gasteiger partial charge in [0.2, 0.25) is 5.91 Å². The molecule has 0 aromatic heterocycles. The first-order valence-electron chi connectivity index (χ1n) is 9.84. The lowest BCUT2D eigenvalue weighted by Crippen LogP contribution is -2.50. The van der Waals surface area contributed by atoms with E-state index in [1.54, 1.807) is 0 Å². The van der Waals surface area contributed by atoms with Gasteiger partial charge >= 0.3 is 0 Å². The maximum atomic E-state index is 12.8. The number of carbonyl (C=O) groups is 2. The Morgan fingerprint density at radius 1 is 1.19 bits per heavy atom. The topological polar surface area (TPSA) is 66.6 Å². The van der Waals surface area contributed by atoms with Crippen LogP contribution in [0.1, 0.15) is 56.0 Å². The number of carbonyl (C=O) groups excluding carboxylic acids is 2. The van der Waals surface area contributed by atoms with E-state index >= 15 is 0 Å². The molecule has 1 aromatic carbocycles. The van der Waals surface area contributed by atoms with Gasteiger partial charge in [0.1, 0.15) is 0 Å². The molecule has 2 amide bonds. The van der Waals surface area contributed by atoms with Gasteiger partial charge in [0.25, 0.3) is 5.91 Å². The molecule has 2 rings (SSSR count). The smallest absolute Gasteiger partial charge is 0.253 e. The third kappa shape index (κ3) is 6.11. The summed E-state index contributed by atoms with van der Waals surface area (Å²) in [5, 5.41) is 0. The maximum Gasteiger partial charge on any atom is 0.253 e. The second-order valence-corrected chi connectivity index (χ2v) is 7.40. The zero-order chi connectivity index (χ0) is 19.8. The Balaban J connectivity index is 2.00. The molecule has 5 heteroatoms. The largest absolute Gasteiger partial charge is 0.369 e. The van der Waals surface area contributed by atoms with Gasteiger partial charge in [-0.1, -0.05) is 31.3 Å². The van der Waals surface area contributed by atoms with Crippen LogP contribution in [0.4, 0.5) is 0 Å². The Bertz CT molecular complexity index is 710. The fourth-order valence-electron chi connectivity index (χ4n) is 3.32. The highest BCUT2D eigenvalue weighted by Gasteiger charge is 2.23. The molecule has 0 spiro atoms. The number of hydrogen-bond acceptors (Lipinski definition) is 3. The fraction of sp³-hybridized carbons (Fsp3) is 0.545. The molecule has 1 aromatic rings. The molecule has 0 saturated carbocycles. The molecule has 1 heterocycles. The molecule has 0 radical (unpaired) electrons. The highest BCUT2D eigenvalue weighted by molar-refractivity contribution is 5.94. The van der Waals surface area contributed by atoms with Gasteiger partial charge in [-0.25, -0.2) is 0 Å². The van der Waals surface area contributed by atoms with E-state index in [-0.39, 0.29) is 17.7 Å². The number of primary amides is 1. The number of amides is 2. The summed E-state index contributed by atoms with van der Waals surface area (Å²) in [5.74, 6) is 5.68. The van der Waals surface area contributed by atoms with Crippen molar-refractivity contribution in [3.63, 3.8) is 0 Å². The van der Waals surface area contributed by atoms with E-state index in [0.29, 0.717) is 18.0 Å². The Morgan fingerprint density at radius 3 is 2.48 bits per heavy atom. The number of nitrogens with two attached hydrogens (primary N) is 1. The van der Waals surface area contributed by atoms with Crippen LogP contribution in [0.2, 0.25) is 0 Å². The van der Waals surface area contributed by atoms with Gasteiger partial charge in [-0.05, 0) is 38.5 Å². The summed E-state index contributed by atoms with van der Waals surface area (Å²) in [4.78, 5) is 28.5. The van der Waals surface area contributed by atoms with Crippen molar-refractivity contribution in [3.8, 4) is 11.8 Å². The molecule has 1 saturated heterocycles. The molecule has 0 bridgehead atoms. The minimum Gasteiger partial charge on any atom is -0.369 e. The zero-order valence-electron chi connectivity index (χ0n) is 16.7. The molecule has 1 fully saturated rings. The van der Waals surface area contributed by atoms with Gasteiger partial charge in [-0.15, -0.1) is 0 Å². The number of rotatable bonds is 6. The monoisotopic (exact) mass is 369 g/mol. The van der Waals surface area contributed by atoms with Crippen LogP contribution in [0, 0.1) is 17.8 Å². The zero-order valence-corrected chi connectivity index (χ0v) is 16.7. The second-order valence-electron chi connectivity index (χ2n) is 7.40. The molecule has 0 aliphatic carbocycles. The van der Waals surface area contributed by atoms with Crippen LogP contribution in [0.25, 0.3) is 0 Å². The third-order valence-corrected chi connectivity index (χ3v) is 5.06. The standard InChI is InChI=1S/C22H31N3O2/c1-4-7-19(21(23)26)10-5-8-18-9-6-11-20(16-18)22(27)25-14-12-24(13-15-25)17(2)3/h6,9,11,16-17,19H,4,7,10,12-15H2,1-3H3,(H2,23,26). The predicted molar refractivity (Wildman–Crippen MR) is 108 cm³/mol. The summed E-state index contributed by atoms with van der Waals surface area (Å²) in [6, 6.07) is 7.94. The molecule has 5 nitrogen and oxygen atoms in total. The lowest BCUT2D eigenvalue weighted by atomic mass is 9.99. The Labute approximate surface area is 162 Å². The first kappa shape index (κ1) is 21.0. The molecular weight excluding hydrogens is 338 g/mol. The molecule has 1 aliphatic rings. The van der Waals surface area contributed by atoms with Crippen LogP contribution in [0.15, 0.2) is 24.3 Å². The normalized spacial score (nSPS) is 15.9. The van der Waals surface area contributed by atoms with E-state index in [1.165, 1.54) is 0 Å². The fourth-order valence-corrected chi connectivity index (χ4v) is 3.32. The van der Waals surface area contributed by atoms with E-state index in [4.69, 9.17) is 5.73 Å². The van der Waals surface area contributed by atoms with E-state index in [2.05, 4.69) is 30.6 Å². The van der Waals surface area contributed by atoms with E-state index in [1.807, 2.05) is 36.1 Å². The van der Waals surface area contributed by atoms with Crippen LogP contribution < -0.4 is 5.73 Å². The van der Waals surface area contributed by atoms with E-state index in [9.17, 15) is 9.59 Å². The Kier molecular flexibility index (Phi) is 7.87. The average Bonchev–Trinajstić information content (AvgIpc) is 2.67. The van der Waals surface area contributed by atoms with Crippen molar-refractivity contribution < 1.29 is 9.59 Å².